The molecule has 6 N–H and O–H groups in total. The fraction of sp³-hybridized carbons (Fsp3) is 0.286. The van der Waals surface area contributed by atoms with Crippen molar-refractivity contribution in [1.82, 2.24) is 29.9 Å². The van der Waals surface area contributed by atoms with Crippen LogP contribution in [0.1, 0.15) is 11.1 Å². The van der Waals surface area contributed by atoms with E-state index in [0.29, 0.717) is 0 Å². The van der Waals surface area contributed by atoms with Gasteiger partial charge in [-0.1, -0.05) is 24.3 Å². The zero-order valence-electron chi connectivity index (χ0n) is 28.7. The van der Waals surface area contributed by atoms with Gasteiger partial charge < -0.3 is 50.0 Å². The van der Waals surface area contributed by atoms with E-state index in [9.17, 15) is 46.4 Å². The Morgan fingerprint density at radius 3 is 1.22 bits per heavy atom. The molecular formula is C28H30Cl2N10Na2O10S2. The zero-order chi connectivity index (χ0) is 38.1. The first-order valence-corrected chi connectivity index (χ1v) is 18.4. The van der Waals surface area contributed by atoms with E-state index in [1.54, 1.807) is 0 Å². The molecule has 0 spiro atoms. The van der Waals surface area contributed by atoms with Crippen LogP contribution >= 0.6 is 23.2 Å². The van der Waals surface area contributed by atoms with Crippen LogP contribution in [0.5, 0.6) is 0 Å². The maximum Gasteiger partial charge on any atom is 1.00 e. The zero-order valence-corrected chi connectivity index (χ0v) is 35.8. The standard InChI is InChI=1S/C28H32Cl2N10O10S2.2Na/c29-23-33-25(37-27(35-23)39(7-11-41)8-12-42)31-19-5-3-17(21(15-19)51(45,46)47)1-2-18-4-6-20(16-22(18)52(48,49)50)32-26-34-24(30)36-28(38-26)40(9-13-43)10-14-44;;/h1-6,15-16,41-44H,7-14H2,(H,45,46,47)(H,48,49,50)(H,31,33,35,37)(H,32,34,36,38);;/q;2*+1/p-2. The van der Waals surface area contributed by atoms with Crippen LogP contribution < -0.4 is 79.5 Å². The molecule has 4 rings (SSSR count). The summed E-state index contributed by atoms with van der Waals surface area (Å²) in [7, 11) is -10.3. The Morgan fingerprint density at radius 2 is 0.926 bits per heavy atom. The third-order valence-electron chi connectivity index (χ3n) is 6.76. The summed E-state index contributed by atoms with van der Waals surface area (Å²) in [6.07, 6.45) is 2.25. The van der Waals surface area contributed by atoms with Crippen LogP contribution in [0.2, 0.25) is 10.6 Å². The fourth-order valence-corrected chi connectivity index (χ4v) is 6.25. The normalized spacial score (nSPS) is 11.5. The summed E-state index contributed by atoms with van der Waals surface area (Å²) in [4.78, 5) is 25.5. The molecule has 0 fully saturated rings. The average molecular weight is 848 g/mol. The number of aromatic nitrogens is 6. The first-order valence-electron chi connectivity index (χ1n) is 14.8. The van der Waals surface area contributed by atoms with Gasteiger partial charge in [0.25, 0.3) is 0 Å². The average Bonchev–Trinajstić information content (AvgIpc) is 3.06. The van der Waals surface area contributed by atoms with Crippen LogP contribution in [0.4, 0.5) is 35.2 Å². The van der Waals surface area contributed by atoms with Gasteiger partial charge in [0.2, 0.25) is 34.4 Å². The molecule has 0 aliphatic rings. The largest absolute Gasteiger partial charge is 1.00 e. The van der Waals surface area contributed by atoms with Crippen molar-refractivity contribution >= 4 is 90.8 Å². The molecule has 0 unspecified atom stereocenters. The minimum absolute atomic E-state index is 0. The number of hydrogen-bond acceptors (Lipinski definition) is 20. The van der Waals surface area contributed by atoms with Crippen molar-refractivity contribution in [2.24, 2.45) is 0 Å². The van der Waals surface area contributed by atoms with Gasteiger partial charge in [-0.3, -0.25) is 0 Å². The number of halogens is 2. The van der Waals surface area contributed by atoms with E-state index in [-0.39, 0.29) is 169 Å². The monoisotopic (exact) mass is 846 g/mol. The molecule has 0 radical (unpaired) electrons. The van der Waals surface area contributed by atoms with Gasteiger partial charge in [0.1, 0.15) is 20.2 Å². The molecule has 2 heterocycles. The van der Waals surface area contributed by atoms with E-state index in [0.717, 1.165) is 24.3 Å². The minimum Gasteiger partial charge on any atom is -0.744 e. The number of nitrogens with zero attached hydrogens (tertiary/aromatic N) is 8. The molecule has 0 saturated heterocycles. The van der Waals surface area contributed by atoms with Crippen molar-refractivity contribution in [1.29, 1.82) is 0 Å². The first kappa shape index (κ1) is 47.8. The van der Waals surface area contributed by atoms with Gasteiger partial charge in [0, 0.05) is 37.6 Å². The van der Waals surface area contributed by atoms with E-state index in [2.05, 4.69) is 40.5 Å². The van der Waals surface area contributed by atoms with E-state index < -0.39 is 30.0 Å². The van der Waals surface area contributed by atoms with Crippen molar-refractivity contribution in [3.63, 3.8) is 0 Å². The molecule has 2 aromatic carbocycles. The quantitative estimate of drug-likeness (QED) is 0.0309. The number of benzene rings is 2. The van der Waals surface area contributed by atoms with E-state index in [1.807, 2.05) is 0 Å². The summed E-state index contributed by atoms with van der Waals surface area (Å²) < 4.78 is 73.7. The smallest absolute Gasteiger partial charge is 0.744 e. The van der Waals surface area contributed by atoms with Crippen LogP contribution in [0.25, 0.3) is 12.2 Å². The van der Waals surface area contributed by atoms with Crippen LogP contribution in [0.3, 0.4) is 0 Å². The Morgan fingerprint density at radius 1 is 0.593 bits per heavy atom. The van der Waals surface area contributed by atoms with Crippen molar-refractivity contribution in [3.8, 4) is 0 Å². The molecule has 26 heteroatoms. The SMILES string of the molecule is O=S(=O)([O-])c1cc(Nc2nc(Cl)nc(N(CCO)CCO)n2)ccc1C=Cc1ccc(Nc2nc(Cl)nc(N(CCO)CCO)n2)cc1S(=O)(=O)[O-].[Na+].[Na+]. The number of nitrogens with one attached hydrogen (secondary N) is 2. The second kappa shape index (κ2) is 21.8. The topological polar surface area (TPSA) is 303 Å². The van der Waals surface area contributed by atoms with E-state index in [4.69, 9.17) is 23.2 Å². The van der Waals surface area contributed by atoms with E-state index >= 15 is 0 Å². The Hall–Kier alpha value is -2.36. The predicted octanol–water partition coefficient (Wildman–Crippen LogP) is -5.58. The number of hydrogen-bond donors (Lipinski definition) is 6. The first-order chi connectivity index (χ1) is 24.6. The van der Waals surface area contributed by atoms with Crippen molar-refractivity contribution in [3.05, 3.63) is 58.1 Å². The molecule has 280 valence electrons. The molecule has 0 bridgehead atoms. The van der Waals surface area contributed by atoms with Crippen molar-refractivity contribution in [2.45, 2.75) is 9.79 Å². The van der Waals surface area contributed by atoms with Gasteiger partial charge in [0.15, 0.2) is 0 Å². The van der Waals surface area contributed by atoms with Crippen LogP contribution in [0.15, 0.2) is 46.2 Å². The van der Waals surface area contributed by atoms with Gasteiger partial charge in [-0.05, 0) is 58.6 Å². The van der Waals surface area contributed by atoms with Crippen LogP contribution in [-0.2, 0) is 20.2 Å². The summed E-state index contributed by atoms with van der Waals surface area (Å²) in [6.45, 7) is -0.926. The summed E-state index contributed by atoms with van der Waals surface area (Å²) >= 11 is 12.0. The molecule has 0 amide bonds. The maximum atomic E-state index is 12.3. The Kier molecular flexibility index (Phi) is 19.3. The molecular weight excluding hydrogens is 817 g/mol. The summed E-state index contributed by atoms with van der Waals surface area (Å²) in [5.41, 5.74) is -0.255. The molecule has 4 aromatic rings. The Balaban J connectivity index is 0.00000504. The predicted molar refractivity (Wildman–Crippen MR) is 187 cm³/mol. The number of rotatable bonds is 18. The maximum absolute atomic E-state index is 12.3. The third-order valence-corrected chi connectivity index (χ3v) is 8.88. The molecule has 20 nitrogen and oxygen atoms in total. The van der Waals surface area contributed by atoms with Gasteiger partial charge >= 0.3 is 59.1 Å². The summed E-state index contributed by atoms with van der Waals surface area (Å²) in [5.74, 6) is -0.319. The summed E-state index contributed by atoms with van der Waals surface area (Å²) in [5, 5.41) is 42.2. The van der Waals surface area contributed by atoms with Crippen LogP contribution in [0, 0.1) is 0 Å². The number of aliphatic hydroxyl groups is 4. The fourth-order valence-electron chi connectivity index (χ4n) is 4.55. The Labute approximate surface area is 363 Å². The van der Waals surface area contributed by atoms with E-state index in [1.165, 1.54) is 34.1 Å². The van der Waals surface area contributed by atoms with Crippen LogP contribution in [-0.4, -0.2) is 129 Å². The van der Waals surface area contributed by atoms with Crippen molar-refractivity contribution in [2.75, 3.05) is 73.0 Å². The second-order valence-electron chi connectivity index (χ2n) is 10.3. The molecule has 0 aliphatic carbocycles. The van der Waals surface area contributed by atoms with Gasteiger partial charge in [-0.2, -0.15) is 29.9 Å². The van der Waals surface area contributed by atoms with Crippen molar-refractivity contribution < 1.29 is 105 Å². The molecule has 0 saturated carbocycles. The number of anilines is 6. The van der Waals surface area contributed by atoms with Gasteiger partial charge in [-0.15, -0.1) is 0 Å². The molecule has 54 heavy (non-hydrogen) atoms. The third kappa shape index (κ3) is 13.7. The minimum atomic E-state index is -5.13. The molecule has 0 atom stereocenters. The number of aliphatic hydroxyl groups excluding tert-OH is 4. The van der Waals surface area contributed by atoms with Gasteiger partial charge in [-0.25, -0.2) is 16.8 Å². The molecule has 2 aromatic heterocycles. The molecule has 0 aliphatic heterocycles. The summed E-state index contributed by atoms with van der Waals surface area (Å²) in [6, 6.07) is 7.15. The van der Waals surface area contributed by atoms with Gasteiger partial charge in [0.05, 0.1) is 36.2 Å². The Bertz CT molecular complexity index is 1980. The second-order valence-corrected chi connectivity index (χ2v) is 13.7.